The first-order chi connectivity index (χ1) is 7.40. The Hall–Kier alpha value is -1.92. The molecule has 72 valence electrons. The van der Waals surface area contributed by atoms with E-state index in [1.54, 1.807) is 29.7 Å². The van der Waals surface area contributed by atoms with Crippen LogP contribution in [0.2, 0.25) is 0 Å². The Morgan fingerprint density at radius 2 is 2.27 bits per heavy atom. The number of thiophene rings is 1. The molecule has 0 saturated carbocycles. The van der Waals surface area contributed by atoms with Crippen molar-refractivity contribution < 1.29 is 4.79 Å². The molecule has 0 aliphatic carbocycles. The van der Waals surface area contributed by atoms with Crippen LogP contribution in [0.1, 0.15) is 21.6 Å². The van der Waals surface area contributed by atoms with Crippen LogP contribution in [0.25, 0.3) is 0 Å². The summed E-state index contributed by atoms with van der Waals surface area (Å²) in [6.45, 7) is 0. The fourth-order valence-corrected chi connectivity index (χ4v) is 1.67. The van der Waals surface area contributed by atoms with E-state index in [1.165, 1.54) is 0 Å². The van der Waals surface area contributed by atoms with E-state index < -0.39 is 0 Å². The fourth-order valence-electron chi connectivity index (χ4n) is 1.08. The van der Waals surface area contributed by atoms with Gasteiger partial charge >= 0.3 is 0 Å². The summed E-state index contributed by atoms with van der Waals surface area (Å²) in [7, 11) is 0. The molecule has 0 bridgehead atoms. The SMILES string of the molecule is O=Cc1cccnc1C#Cc1ccsc1. The minimum atomic E-state index is 0.527. The van der Waals surface area contributed by atoms with Crippen LogP contribution in [0.3, 0.4) is 0 Å². The fraction of sp³-hybridized carbons (Fsp3) is 0. The highest BCUT2D eigenvalue weighted by molar-refractivity contribution is 7.08. The lowest BCUT2D eigenvalue weighted by Crippen LogP contribution is -1.90. The molecule has 2 rings (SSSR count). The van der Waals surface area contributed by atoms with Crippen LogP contribution < -0.4 is 0 Å². The minimum absolute atomic E-state index is 0.527. The average Bonchev–Trinajstić information content (AvgIpc) is 2.79. The third kappa shape index (κ3) is 2.30. The number of aromatic nitrogens is 1. The summed E-state index contributed by atoms with van der Waals surface area (Å²) < 4.78 is 0. The van der Waals surface area contributed by atoms with Crippen LogP contribution in [0.15, 0.2) is 35.2 Å². The molecule has 0 aliphatic heterocycles. The van der Waals surface area contributed by atoms with E-state index in [9.17, 15) is 4.79 Å². The van der Waals surface area contributed by atoms with Gasteiger partial charge in [0.1, 0.15) is 5.69 Å². The Morgan fingerprint density at radius 1 is 1.33 bits per heavy atom. The van der Waals surface area contributed by atoms with Gasteiger partial charge in [0.05, 0.1) is 0 Å². The van der Waals surface area contributed by atoms with Gasteiger partial charge in [-0.05, 0) is 29.5 Å². The zero-order chi connectivity index (χ0) is 10.5. The number of pyridine rings is 1. The number of hydrogen-bond donors (Lipinski definition) is 0. The van der Waals surface area contributed by atoms with Crippen molar-refractivity contribution >= 4 is 17.6 Å². The topological polar surface area (TPSA) is 30.0 Å². The summed E-state index contributed by atoms with van der Waals surface area (Å²) in [5.74, 6) is 5.84. The Kier molecular flexibility index (Phi) is 2.91. The van der Waals surface area contributed by atoms with Gasteiger partial charge in [-0.15, -0.1) is 0 Å². The van der Waals surface area contributed by atoms with Crippen molar-refractivity contribution in [3.63, 3.8) is 0 Å². The molecule has 2 nitrogen and oxygen atoms in total. The Morgan fingerprint density at radius 3 is 3.00 bits per heavy atom. The molecule has 0 fully saturated rings. The zero-order valence-electron chi connectivity index (χ0n) is 7.81. The van der Waals surface area contributed by atoms with Gasteiger partial charge in [-0.25, -0.2) is 4.98 Å². The van der Waals surface area contributed by atoms with E-state index in [4.69, 9.17) is 0 Å². The van der Waals surface area contributed by atoms with Crippen LogP contribution in [0, 0.1) is 11.8 Å². The molecule has 15 heavy (non-hydrogen) atoms. The summed E-state index contributed by atoms with van der Waals surface area (Å²) in [5, 5.41) is 3.92. The molecule has 0 aliphatic rings. The number of nitrogens with zero attached hydrogens (tertiary/aromatic N) is 1. The summed E-state index contributed by atoms with van der Waals surface area (Å²) in [6, 6.07) is 5.36. The van der Waals surface area contributed by atoms with Crippen LogP contribution in [0.5, 0.6) is 0 Å². The highest BCUT2D eigenvalue weighted by Gasteiger charge is 1.97. The third-order valence-electron chi connectivity index (χ3n) is 1.81. The maximum Gasteiger partial charge on any atom is 0.152 e. The minimum Gasteiger partial charge on any atom is -0.298 e. The number of carbonyl (C=O) groups excluding carboxylic acids is 1. The highest BCUT2D eigenvalue weighted by Crippen LogP contribution is 2.05. The molecular weight excluding hydrogens is 206 g/mol. The molecule has 0 amide bonds. The lowest BCUT2D eigenvalue weighted by atomic mass is 10.2. The van der Waals surface area contributed by atoms with Crippen molar-refractivity contribution in [2.24, 2.45) is 0 Å². The van der Waals surface area contributed by atoms with E-state index >= 15 is 0 Å². The van der Waals surface area contributed by atoms with Gasteiger partial charge < -0.3 is 0 Å². The largest absolute Gasteiger partial charge is 0.298 e. The van der Waals surface area contributed by atoms with Crippen molar-refractivity contribution in [1.29, 1.82) is 0 Å². The van der Waals surface area contributed by atoms with Gasteiger partial charge in [0.25, 0.3) is 0 Å². The molecule has 0 saturated heterocycles. The van der Waals surface area contributed by atoms with Crippen molar-refractivity contribution in [3.05, 3.63) is 52.0 Å². The smallest absolute Gasteiger partial charge is 0.152 e. The predicted octanol–water partition coefficient (Wildman–Crippen LogP) is 2.36. The number of aldehydes is 1. The van der Waals surface area contributed by atoms with Gasteiger partial charge in [0, 0.05) is 22.7 Å². The summed E-state index contributed by atoms with van der Waals surface area (Å²) >= 11 is 1.59. The second kappa shape index (κ2) is 4.54. The van der Waals surface area contributed by atoms with E-state index in [-0.39, 0.29) is 0 Å². The van der Waals surface area contributed by atoms with Crippen molar-refractivity contribution in [1.82, 2.24) is 4.98 Å². The molecule has 0 spiro atoms. The van der Waals surface area contributed by atoms with Crippen LogP contribution in [-0.2, 0) is 0 Å². The first-order valence-corrected chi connectivity index (χ1v) is 5.29. The van der Waals surface area contributed by atoms with Gasteiger partial charge in [0.15, 0.2) is 6.29 Å². The maximum absolute atomic E-state index is 10.7. The average molecular weight is 213 g/mol. The maximum atomic E-state index is 10.7. The molecule has 0 atom stereocenters. The monoisotopic (exact) mass is 213 g/mol. The second-order valence-electron chi connectivity index (χ2n) is 2.82. The Labute approximate surface area is 91.6 Å². The van der Waals surface area contributed by atoms with Gasteiger partial charge in [-0.1, -0.05) is 5.92 Å². The predicted molar refractivity (Wildman–Crippen MR) is 59.9 cm³/mol. The third-order valence-corrected chi connectivity index (χ3v) is 2.50. The van der Waals surface area contributed by atoms with E-state index in [2.05, 4.69) is 16.8 Å². The molecule has 2 aromatic rings. The first-order valence-electron chi connectivity index (χ1n) is 4.34. The zero-order valence-corrected chi connectivity index (χ0v) is 8.62. The molecule has 0 N–H and O–H groups in total. The molecule has 2 aromatic heterocycles. The Balaban J connectivity index is 2.35. The molecule has 0 unspecified atom stereocenters. The summed E-state index contributed by atoms with van der Waals surface area (Å²) in [6.07, 6.45) is 2.40. The van der Waals surface area contributed by atoms with Crippen molar-refractivity contribution in [3.8, 4) is 11.8 Å². The molecule has 0 radical (unpaired) electrons. The Bertz CT molecular complexity index is 520. The quantitative estimate of drug-likeness (QED) is 0.537. The number of carbonyl (C=O) groups is 1. The lowest BCUT2D eigenvalue weighted by Gasteiger charge is -1.92. The highest BCUT2D eigenvalue weighted by atomic mass is 32.1. The molecular formula is C12H7NOS. The first kappa shape index (κ1) is 9.63. The van der Waals surface area contributed by atoms with E-state index in [0.717, 1.165) is 11.8 Å². The van der Waals surface area contributed by atoms with E-state index in [1.807, 2.05) is 16.8 Å². The standard InChI is InChI=1S/C12H7NOS/c14-8-11-2-1-6-13-12(11)4-3-10-5-7-15-9-10/h1-2,5-9H. The van der Waals surface area contributed by atoms with Crippen molar-refractivity contribution in [2.75, 3.05) is 0 Å². The van der Waals surface area contributed by atoms with Gasteiger partial charge in [-0.2, -0.15) is 11.3 Å². The van der Waals surface area contributed by atoms with Crippen LogP contribution in [0.4, 0.5) is 0 Å². The van der Waals surface area contributed by atoms with Crippen molar-refractivity contribution in [2.45, 2.75) is 0 Å². The normalized spacial score (nSPS) is 9.07. The van der Waals surface area contributed by atoms with Gasteiger partial charge in [-0.3, -0.25) is 4.79 Å². The summed E-state index contributed by atoms with van der Waals surface area (Å²) in [4.78, 5) is 14.7. The lowest BCUT2D eigenvalue weighted by molar-refractivity contribution is 0.112. The number of rotatable bonds is 1. The molecule has 2 heterocycles. The van der Waals surface area contributed by atoms with E-state index in [0.29, 0.717) is 11.3 Å². The van der Waals surface area contributed by atoms with Crippen LogP contribution >= 0.6 is 11.3 Å². The van der Waals surface area contributed by atoms with Crippen LogP contribution in [-0.4, -0.2) is 11.3 Å². The van der Waals surface area contributed by atoms with Gasteiger partial charge in [0.2, 0.25) is 0 Å². The molecule has 0 aromatic carbocycles. The summed E-state index contributed by atoms with van der Waals surface area (Å²) in [5.41, 5.74) is 2.00. The second-order valence-corrected chi connectivity index (χ2v) is 3.60. The number of hydrogen-bond acceptors (Lipinski definition) is 3. The molecule has 3 heteroatoms.